The quantitative estimate of drug-likeness (QED) is 0.637. The molecule has 2 aromatic carbocycles. The number of rotatable bonds is 6. The lowest BCUT2D eigenvalue weighted by Gasteiger charge is -2.11. The molecule has 142 valence electrons. The fraction of sp³-hybridized carbons (Fsp3) is 0.222. The summed E-state index contributed by atoms with van der Waals surface area (Å²) >= 11 is 0. The van der Waals surface area contributed by atoms with Gasteiger partial charge in [0, 0.05) is 6.54 Å². The molecular formula is C18H14F5N3O. The van der Waals surface area contributed by atoms with Crippen LogP contribution in [0.3, 0.4) is 0 Å². The molecule has 0 amide bonds. The van der Waals surface area contributed by atoms with Crippen molar-refractivity contribution in [3.05, 3.63) is 59.9 Å². The van der Waals surface area contributed by atoms with E-state index in [2.05, 4.69) is 20.0 Å². The van der Waals surface area contributed by atoms with Gasteiger partial charge in [-0.1, -0.05) is 12.1 Å². The topological polar surface area (TPSA) is 47.0 Å². The van der Waals surface area contributed by atoms with Crippen LogP contribution in [-0.4, -0.2) is 29.3 Å². The van der Waals surface area contributed by atoms with E-state index in [0.29, 0.717) is 13.0 Å². The van der Waals surface area contributed by atoms with Crippen molar-refractivity contribution in [1.82, 2.24) is 9.97 Å². The van der Waals surface area contributed by atoms with Crippen molar-refractivity contribution >= 4 is 16.7 Å². The molecule has 3 rings (SSSR count). The highest BCUT2D eigenvalue weighted by Crippen LogP contribution is 2.25. The maximum atomic E-state index is 14.0. The summed E-state index contributed by atoms with van der Waals surface area (Å²) in [4.78, 5) is 7.70. The fourth-order valence-corrected chi connectivity index (χ4v) is 2.48. The van der Waals surface area contributed by atoms with Crippen LogP contribution in [0.4, 0.5) is 27.8 Å². The largest absolute Gasteiger partial charge is 0.484 e. The predicted molar refractivity (Wildman–Crippen MR) is 89.6 cm³/mol. The number of ether oxygens (including phenoxy) is 1. The minimum Gasteiger partial charge on any atom is -0.484 e. The summed E-state index contributed by atoms with van der Waals surface area (Å²) in [6, 6.07) is 8.15. The minimum atomic E-state index is -4.39. The molecule has 0 saturated heterocycles. The van der Waals surface area contributed by atoms with Crippen LogP contribution in [0.25, 0.3) is 10.9 Å². The van der Waals surface area contributed by atoms with Crippen LogP contribution in [0.15, 0.2) is 42.7 Å². The van der Waals surface area contributed by atoms with Gasteiger partial charge in [-0.2, -0.15) is 13.2 Å². The maximum Gasteiger partial charge on any atom is 0.422 e. The third-order valence-electron chi connectivity index (χ3n) is 3.72. The summed E-state index contributed by atoms with van der Waals surface area (Å²) in [7, 11) is 0. The first kappa shape index (κ1) is 18.8. The molecule has 0 aliphatic carbocycles. The number of nitrogens with zero attached hydrogens (tertiary/aromatic N) is 2. The second-order valence-electron chi connectivity index (χ2n) is 5.70. The van der Waals surface area contributed by atoms with Crippen LogP contribution in [0.2, 0.25) is 0 Å². The Morgan fingerprint density at radius 3 is 2.33 bits per heavy atom. The Morgan fingerprint density at radius 1 is 0.926 bits per heavy atom. The molecule has 9 heteroatoms. The van der Waals surface area contributed by atoms with E-state index in [1.165, 1.54) is 12.1 Å². The van der Waals surface area contributed by atoms with E-state index < -0.39 is 24.4 Å². The van der Waals surface area contributed by atoms with Gasteiger partial charge in [-0.25, -0.2) is 18.7 Å². The average molecular weight is 383 g/mol. The van der Waals surface area contributed by atoms with Crippen molar-refractivity contribution in [3.63, 3.8) is 0 Å². The van der Waals surface area contributed by atoms with Crippen LogP contribution in [0.5, 0.6) is 5.75 Å². The smallest absolute Gasteiger partial charge is 0.422 e. The number of alkyl halides is 3. The van der Waals surface area contributed by atoms with E-state index in [4.69, 9.17) is 0 Å². The van der Waals surface area contributed by atoms with Crippen molar-refractivity contribution in [2.24, 2.45) is 0 Å². The molecule has 0 spiro atoms. The number of hydrogen-bond acceptors (Lipinski definition) is 4. The van der Waals surface area contributed by atoms with Gasteiger partial charge < -0.3 is 10.1 Å². The number of anilines is 1. The van der Waals surface area contributed by atoms with E-state index in [9.17, 15) is 22.0 Å². The molecule has 4 nitrogen and oxygen atoms in total. The number of fused-ring (bicyclic) bond motifs is 1. The molecule has 0 atom stereocenters. The van der Waals surface area contributed by atoms with Gasteiger partial charge in [-0.05, 0) is 36.2 Å². The van der Waals surface area contributed by atoms with Crippen LogP contribution >= 0.6 is 0 Å². The molecule has 0 fully saturated rings. The highest BCUT2D eigenvalue weighted by molar-refractivity contribution is 5.89. The van der Waals surface area contributed by atoms with Crippen LogP contribution in [0.1, 0.15) is 5.56 Å². The van der Waals surface area contributed by atoms with Gasteiger partial charge in [0.1, 0.15) is 35.0 Å². The number of halogens is 5. The van der Waals surface area contributed by atoms with Crippen molar-refractivity contribution in [2.45, 2.75) is 12.6 Å². The molecular weight excluding hydrogens is 369 g/mol. The van der Waals surface area contributed by atoms with E-state index in [-0.39, 0.29) is 22.5 Å². The summed E-state index contributed by atoms with van der Waals surface area (Å²) in [6.07, 6.45) is -2.76. The molecule has 0 radical (unpaired) electrons. The molecule has 1 aromatic heterocycles. The van der Waals surface area contributed by atoms with Crippen molar-refractivity contribution in [3.8, 4) is 5.75 Å². The Balaban J connectivity index is 1.62. The standard InChI is InChI=1S/C18H14F5N3O/c19-13-5-6-14(20)16-15(13)17(26-10-25-16)24-8-7-11-1-3-12(4-2-11)27-9-18(21,22)23/h1-6,10H,7-9H2,(H,24,25,26). The van der Waals surface area contributed by atoms with Gasteiger partial charge >= 0.3 is 6.18 Å². The highest BCUT2D eigenvalue weighted by atomic mass is 19.4. The van der Waals surface area contributed by atoms with Crippen LogP contribution in [0, 0.1) is 11.6 Å². The second kappa shape index (κ2) is 7.73. The third kappa shape index (κ3) is 4.81. The molecule has 1 heterocycles. The molecule has 0 unspecified atom stereocenters. The third-order valence-corrected chi connectivity index (χ3v) is 3.72. The van der Waals surface area contributed by atoms with Gasteiger partial charge in [0.2, 0.25) is 0 Å². The monoisotopic (exact) mass is 383 g/mol. The highest BCUT2D eigenvalue weighted by Gasteiger charge is 2.28. The average Bonchev–Trinajstić information content (AvgIpc) is 2.63. The summed E-state index contributed by atoms with van der Waals surface area (Å²) in [6.45, 7) is -0.998. The lowest BCUT2D eigenvalue weighted by atomic mass is 10.1. The fourth-order valence-electron chi connectivity index (χ4n) is 2.48. The van der Waals surface area contributed by atoms with Crippen LogP contribution < -0.4 is 10.1 Å². The van der Waals surface area contributed by atoms with E-state index in [1.54, 1.807) is 12.1 Å². The molecule has 0 aliphatic rings. The minimum absolute atomic E-state index is 0.0339. The zero-order valence-corrected chi connectivity index (χ0v) is 13.9. The zero-order valence-electron chi connectivity index (χ0n) is 13.9. The molecule has 27 heavy (non-hydrogen) atoms. The molecule has 0 bridgehead atoms. The Kier molecular flexibility index (Phi) is 5.38. The zero-order chi connectivity index (χ0) is 19.4. The van der Waals surface area contributed by atoms with E-state index >= 15 is 0 Å². The number of aromatic nitrogens is 2. The number of hydrogen-bond donors (Lipinski definition) is 1. The Hall–Kier alpha value is -2.97. The summed E-state index contributed by atoms with van der Waals surface area (Å²) in [5.41, 5.74) is 0.713. The van der Waals surface area contributed by atoms with Gasteiger partial charge in [0.05, 0.1) is 5.39 Å². The van der Waals surface area contributed by atoms with Crippen molar-refractivity contribution in [1.29, 1.82) is 0 Å². The summed E-state index contributed by atoms with van der Waals surface area (Å²) < 4.78 is 68.7. The van der Waals surface area contributed by atoms with E-state index in [1.807, 2.05) is 0 Å². The van der Waals surface area contributed by atoms with Gasteiger partial charge in [-0.15, -0.1) is 0 Å². The lowest BCUT2D eigenvalue weighted by molar-refractivity contribution is -0.153. The Labute approximate surface area is 151 Å². The van der Waals surface area contributed by atoms with Gasteiger partial charge in [-0.3, -0.25) is 0 Å². The second-order valence-corrected chi connectivity index (χ2v) is 5.70. The summed E-state index contributed by atoms with van der Waals surface area (Å²) in [5.74, 6) is -1.00. The maximum absolute atomic E-state index is 14.0. The first-order chi connectivity index (χ1) is 12.8. The SMILES string of the molecule is Fc1ccc(F)c2c(NCCc3ccc(OCC(F)(F)F)cc3)ncnc12. The van der Waals surface area contributed by atoms with Crippen molar-refractivity contribution < 1.29 is 26.7 Å². The number of benzene rings is 2. The predicted octanol–water partition coefficient (Wildman–Crippen LogP) is 4.50. The normalized spacial score (nSPS) is 11.6. The van der Waals surface area contributed by atoms with Crippen molar-refractivity contribution in [2.75, 3.05) is 18.5 Å². The van der Waals surface area contributed by atoms with Gasteiger partial charge in [0.25, 0.3) is 0 Å². The van der Waals surface area contributed by atoms with Gasteiger partial charge in [0.15, 0.2) is 6.61 Å². The Morgan fingerprint density at radius 2 is 1.63 bits per heavy atom. The number of nitrogens with one attached hydrogen (secondary N) is 1. The molecule has 1 N–H and O–H groups in total. The Bertz CT molecular complexity index is 929. The van der Waals surface area contributed by atoms with Crippen LogP contribution in [-0.2, 0) is 6.42 Å². The first-order valence-electron chi connectivity index (χ1n) is 7.94. The first-order valence-corrected chi connectivity index (χ1v) is 7.94. The molecule has 0 saturated carbocycles. The molecule has 0 aliphatic heterocycles. The lowest BCUT2D eigenvalue weighted by Crippen LogP contribution is -2.19. The van der Waals surface area contributed by atoms with E-state index in [0.717, 1.165) is 24.0 Å². The molecule has 3 aromatic rings. The summed E-state index contributed by atoms with van der Waals surface area (Å²) in [5, 5.41) is 2.89.